The Morgan fingerprint density at radius 3 is 2.65 bits per heavy atom. The summed E-state index contributed by atoms with van der Waals surface area (Å²) in [7, 11) is 1.41. The van der Waals surface area contributed by atoms with E-state index in [0.29, 0.717) is 12.5 Å². The van der Waals surface area contributed by atoms with Crippen LogP contribution in [0.2, 0.25) is 0 Å². The van der Waals surface area contributed by atoms with Gasteiger partial charge in [0.1, 0.15) is 10.6 Å². The zero-order valence-corrected chi connectivity index (χ0v) is 12.8. The smallest absolute Gasteiger partial charge is 0.265 e. The van der Waals surface area contributed by atoms with Crippen molar-refractivity contribution in [1.82, 2.24) is 5.32 Å². The molecule has 0 aliphatic heterocycles. The van der Waals surface area contributed by atoms with Crippen LogP contribution in [-0.4, -0.2) is 27.0 Å². The molecule has 0 spiro atoms. The van der Waals surface area contributed by atoms with Crippen LogP contribution in [0.4, 0.5) is 0 Å². The maximum absolute atomic E-state index is 12.0. The van der Waals surface area contributed by atoms with Crippen LogP contribution in [0.25, 0.3) is 0 Å². The topological polar surface area (TPSA) is 72.5 Å². The molecule has 1 aromatic carbocycles. The van der Waals surface area contributed by atoms with E-state index in [1.54, 1.807) is 6.92 Å². The van der Waals surface area contributed by atoms with Crippen LogP contribution < -0.4 is 10.1 Å². The molecule has 0 saturated heterocycles. The normalized spacial score (nSPS) is 21.4. The number of hydrogen-bond donors (Lipinski definition) is 1. The van der Waals surface area contributed by atoms with Crippen molar-refractivity contribution in [2.24, 2.45) is 5.92 Å². The molecule has 1 aromatic rings. The molecule has 2 atom stereocenters. The van der Waals surface area contributed by atoms with Crippen LogP contribution >= 0.6 is 10.7 Å². The average molecular weight is 318 g/mol. The first-order chi connectivity index (χ1) is 9.32. The van der Waals surface area contributed by atoms with Gasteiger partial charge in [0, 0.05) is 22.3 Å². The highest BCUT2D eigenvalue weighted by atomic mass is 35.7. The second-order valence-corrected chi connectivity index (χ2v) is 7.36. The number of nitrogens with one attached hydrogen (secondary N) is 1. The molecule has 7 heteroatoms. The van der Waals surface area contributed by atoms with Gasteiger partial charge in [-0.2, -0.15) is 0 Å². The Kier molecular flexibility index (Phi) is 4.25. The minimum absolute atomic E-state index is 0.152. The largest absolute Gasteiger partial charge is 0.492 e. The second kappa shape index (κ2) is 5.61. The van der Waals surface area contributed by atoms with Crippen molar-refractivity contribution >= 4 is 25.6 Å². The Hall–Kier alpha value is -1.27. The van der Waals surface area contributed by atoms with Crippen molar-refractivity contribution in [2.75, 3.05) is 6.61 Å². The maximum atomic E-state index is 12.0. The van der Waals surface area contributed by atoms with E-state index in [4.69, 9.17) is 15.4 Å². The highest BCUT2D eigenvalue weighted by molar-refractivity contribution is 8.13. The molecular weight excluding hydrogens is 302 g/mol. The molecule has 1 aliphatic rings. The molecule has 2 unspecified atom stereocenters. The lowest BCUT2D eigenvalue weighted by Gasteiger charge is -2.10. The quantitative estimate of drug-likeness (QED) is 0.845. The molecule has 1 N–H and O–H groups in total. The molecule has 2 rings (SSSR count). The molecule has 20 heavy (non-hydrogen) atoms. The lowest BCUT2D eigenvalue weighted by Crippen LogP contribution is -2.26. The Morgan fingerprint density at radius 2 is 2.15 bits per heavy atom. The predicted molar refractivity (Wildman–Crippen MR) is 75.7 cm³/mol. The molecular formula is C13H16ClNO4S. The highest BCUT2D eigenvalue weighted by Crippen LogP contribution is 2.31. The second-order valence-electron chi connectivity index (χ2n) is 4.83. The van der Waals surface area contributed by atoms with Crippen molar-refractivity contribution in [3.63, 3.8) is 0 Å². The van der Waals surface area contributed by atoms with Gasteiger partial charge in [-0.05, 0) is 37.5 Å². The first kappa shape index (κ1) is 15.1. The fraction of sp³-hybridized carbons (Fsp3) is 0.462. The minimum Gasteiger partial charge on any atom is -0.492 e. The highest BCUT2D eigenvalue weighted by Gasteiger charge is 2.34. The molecule has 1 amide bonds. The maximum Gasteiger partial charge on any atom is 0.265 e. The lowest BCUT2D eigenvalue weighted by atomic mass is 10.2. The van der Waals surface area contributed by atoms with Gasteiger partial charge < -0.3 is 10.1 Å². The molecule has 1 fully saturated rings. The summed E-state index contributed by atoms with van der Waals surface area (Å²) in [5.74, 6) is 0.320. The van der Waals surface area contributed by atoms with E-state index in [1.165, 1.54) is 18.2 Å². The van der Waals surface area contributed by atoms with Crippen LogP contribution in [-0.2, 0) is 9.05 Å². The molecule has 0 aromatic heterocycles. The van der Waals surface area contributed by atoms with E-state index >= 15 is 0 Å². The SMILES string of the molecule is CCOc1ccc(C(=O)NC2CC2C)cc1S(=O)(=O)Cl. The summed E-state index contributed by atoms with van der Waals surface area (Å²) in [6, 6.07) is 4.39. The minimum atomic E-state index is -3.97. The molecule has 5 nitrogen and oxygen atoms in total. The van der Waals surface area contributed by atoms with E-state index in [9.17, 15) is 13.2 Å². The van der Waals surface area contributed by atoms with E-state index < -0.39 is 9.05 Å². The third kappa shape index (κ3) is 3.43. The average Bonchev–Trinajstić information content (AvgIpc) is 3.04. The number of amides is 1. The summed E-state index contributed by atoms with van der Waals surface area (Å²) in [6.07, 6.45) is 0.948. The summed E-state index contributed by atoms with van der Waals surface area (Å²) < 4.78 is 28.3. The van der Waals surface area contributed by atoms with Crippen LogP contribution in [0, 0.1) is 5.92 Å². The van der Waals surface area contributed by atoms with Gasteiger partial charge in [-0.25, -0.2) is 8.42 Å². The first-order valence-electron chi connectivity index (χ1n) is 6.35. The molecule has 0 heterocycles. The Morgan fingerprint density at radius 1 is 1.50 bits per heavy atom. The van der Waals surface area contributed by atoms with Gasteiger partial charge in [0.05, 0.1) is 6.61 Å². The summed E-state index contributed by atoms with van der Waals surface area (Å²) >= 11 is 0. The van der Waals surface area contributed by atoms with Gasteiger partial charge in [-0.15, -0.1) is 0 Å². The number of benzene rings is 1. The summed E-state index contributed by atoms with van der Waals surface area (Å²) in [4.78, 5) is 11.8. The van der Waals surface area contributed by atoms with Crippen molar-refractivity contribution < 1.29 is 17.9 Å². The summed E-state index contributed by atoms with van der Waals surface area (Å²) in [6.45, 7) is 4.09. The van der Waals surface area contributed by atoms with Gasteiger partial charge in [-0.3, -0.25) is 4.79 Å². The van der Waals surface area contributed by atoms with Crippen LogP contribution in [0.5, 0.6) is 5.75 Å². The van der Waals surface area contributed by atoms with E-state index in [1.807, 2.05) is 6.92 Å². The summed E-state index contributed by atoms with van der Waals surface area (Å²) in [5, 5.41) is 2.83. The molecule has 0 radical (unpaired) electrons. The van der Waals surface area contributed by atoms with E-state index in [-0.39, 0.29) is 28.2 Å². The fourth-order valence-corrected chi connectivity index (χ4v) is 2.89. The predicted octanol–water partition coefficient (Wildman–Crippen LogP) is 2.15. The third-order valence-electron chi connectivity index (χ3n) is 3.19. The van der Waals surface area contributed by atoms with E-state index in [2.05, 4.69) is 5.32 Å². The zero-order valence-electron chi connectivity index (χ0n) is 11.2. The number of carbonyl (C=O) groups excluding carboxylic acids is 1. The lowest BCUT2D eigenvalue weighted by molar-refractivity contribution is 0.0949. The Balaban J connectivity index is 2.29. The van der Waals surface area contributed by atoms with Crippen molar-refractivity contribution in [3.05, 3.63) is 23.8 Å². The first-order valence-corrected chi connectivity index (χ1v) is 8.66. The number of ether oxygens (including phenoxy) is 1. The molecule has 1 saturated carbocycles. The van der Waals surface area contributed by atoms with Gasteiger partial charge in [0.2, 0.25) is 0 Å². The molecule has 1 aliphatic carbocycles. The van der Waals surface area contributed by atoms with Crippen LogP contribution in [0.3, 0.4) is 0 Å². The molecule has 110 valence electrons. The van der Waals surface area contributed by atoms with Crippen molar-refractivity contribution in [2.45, 2.75) is 31.2 Å². The Bertz CT molecular complexity index is 629. The van der Waals surface area contributed by atoms with Crippen molar-refractivity contribution in [1.29, 1.82) is 0 Å². The van der Waals surface area contributed by atoms with Crippen LogP contribution in [0.1, 0.15) is 30.6 Å². The molecule has 0 bridgehead atoms. The van der Waals surface area contributed by atoms with E-state index in [0.717, 1.165) is 6.42 Å². The van der Waals surface area contributed by atoms with Crippen molar-refractivity contribution in [3.8, 4) is 5.75 Å². The number of rotatable bonds is 5. The number of hydrogen-bond acceptors (Lipinski definition) is 4. The van der Waals surface area contributed by atoms with Crippen LogP contribution in [0.15, 0.2) is 23.1 Å². The standard InChI is InChI=1S/C13H16ClNO4S/c1-3-19-11-5-4-9(7-12(11)20(14,17)18)13(16)15-10-6-8(10)2/h4-5,7-8,10H,3,6H2,1-2H3,(H,15,16). The van der Waals surface area contributed by atoms with Gasteiger partial charge in [-0.1, -0.05) is 6.92 Å². The monoisotopic (exact) mass is 317 g/mol. The third-order valence-corrected chi connectivity index (χ3v) is 4.54. The van der Waals surface area contributed by atoms with Gasteiger partial charge in [0.25, 0.3) is 15.0 Å². The Labute approximate surface area is 122 Å². The number of carbonyl (C=O) groups is 1. The zero-order chi connectivity index (χ0) is 14.9. The van der Waals surface area contributed by atoms with Gasteiger partial charge in [0.15, 0.2) is 0 Å². The van der Waals surface area contributed by atoms with Gasteiger partial charge >= 0.3 is 0 Å². The fourth-order valence-electron chi connectivity index (χ4n) is 1.89. The number of halogens is 1. The summed E-state index contributed by atoms with van der Waals surface area (Å²) in [5.41, 5.74) is 0.256.